The minimum atomic E-state index is -0.137. The molecule has 1 N–H and O–H groups in total. The standard InChI is InChI=1S/C15H22FN/c1-3-15(7-8-15)11-17-12(2)9-13-5-4-6-14(16)10-13/h4-6,10,12,17H,3,7-9,11H2,1-2H3. The zero-order valence-electron chi connectivity index (χ0n) is 10.8. The Balaban J connectivity index is 1.79. The highest BCUT2D eigenvalue weighted by Gasteiger charge is 2.40. The van der Waals surface area contributed by atoms with Crippen molar-refractivity contribution in [3.8, 4) is 0 Å². The Morgan fingerprint density at radius 1 is 1.41 bits per heavy atom. The first-order chi connectivity index (χ1) is 8.13. The van der Waals surface area contributed by atoms with Crippen LogP contribution in [0.2, 0.25) is 0 Å². The molecule has 1 fully saturated rings. The first kappa shape index (κ1) is 12.6. The number of halogens is 1. The van der Waals surface area contributed by atoms with Crippen molar-refractivity contribution in [2.45, 2.75) is 45.6 Å². The first-order valence-electron chi connectivity index (χ1n) is 6.61. The van der Waals surface area contributed by atoms with Gasteiger partial charge in [-0.2, -0.15) is 0 Å². The summed E-state index contributed by atoms with van der Waals surface area (Å²) in [5.41, 5.74) is 1.65. The number of hydrogen-bond acceptors (Lipinski definition) is 1. The maximum atomic E-state index is 13.0. The molecule has 0 aromatic heterocycles. The second-order valence-corrected chi connectivity index (χ2v) is 5.47. The van der Waals surface area contributed by atoms with Crippen LogP contribution in [0.25, 0.3) is 0 Å². The lowest BCUT2D eigenvalue weighted by atomic mass is 10.0. The van der Waals surface area contributed by atoms with Crippen molar-refractivity contribution in [1.29, 1.82) is 0 Å². The van der Waals surface area contributed by atoms with Crippen LogP contribution in [-0.2, 0) is 6.42 Å². The molecule has 17 heavy (non-hydrogen) atoms. The fraction of sp³-hybridized carbons (Fsp3) is 0.600. The zero-order chi connectivity index (χ0) is 12.3. The third-order valence-corrected chi connectivity index (χ3v) is 3.96. The summed E-state index contributed by atoms with van der Waals surface area (Å²) >= 11 is 0. The molecule has 1 atom stereocenters. The Morgan fingerprint density at radius 2 is 2.18 bits per heavy atom. The average molecular weight is 235 g/mol. The lowest BCUT2D eigenvalue weighted by Crippen LogP contribution is -2.33. The molecule has 0 heterocycles. The second-order valence-electron chi connectivity index (χ2n) is 5.47. The molecule has 1 aliphatic rings. The lowest BCUT2D eigenvalue weighted by Gasteiger charge is -2.19. The van der Waals surface area contributed by atoms with Crippen LogP contribution in [0.15, 0.2) is 24.3 Å². The van der Waals surface area contributed by atoms with Crippen LogP contribution >= 0.6 is 0 Å². The van der Waals surface area contributed by atoms with Gasteiger partial charge in [0.1, 0.15) is 5.82 Å². The molecule has 1 aliphatic carbocycles. The molecule has 0 spiro atoms. The third kappa shape index (κ3) is 3.53. The van der Waals surface area contributed by atoms with Crippen LogP contribution in [0.5, 0.6) is 0 Å². The normalized spacial score (nSPS) is 19.0. The molecule has 1 saturated carbocycles. The molecule has 1 aromatic rings. The maximum absolute atomic E-state index is 13.0. The quantitative estimate of drug-likeness (QED) is 0.795. The van der Waals surface area contributed by atoms with E-state index in [-0.39, 0.29) is 5.82 Å². The molecule has 94 valence electrons. The molecule has 2 rings (SSSR count). The minimum Gasteiger partial charge on any atom is -0.313 e. The van der Waals surface area contributed by atoms with Crippen molar-refractivity contribution < 1.29 is 4.39 Å². The SMILES string of the molecule is CCC1(CNC(C)Cc2cccc(F)c2)CC1. The van der Waals surface area contributed by atoms with Gasteiger partial charge in [-0.05, 0) is 55.7 Å². The second kappa shape index (κ2) is 5.18. The van der Waals surface area contributed by atoms with E-state index in [0.717, 1.165) is 18.5 Å². The summed E-state index contributed by atoms with van der Waals surface area (Å²) in [5, 5.41) is 3.58. The molecule has 0 aliphatic heterocycles. The highest BCUT2D eigenvalue weighted by Crippen LogP contribution is 2.47. The van der Waals surface area contributed by atoms with Gasteiger partial charge >= 0.3 is 0 Å². The Hall–Kier alpha value is -0.890. The average Bonchev–Trinajstić information content (AvgIpc) is 3.07. The molecule has 0 saturated heterocycles. The lowest BCUT2D eigenvalue weighted by molar-refractivity contribution is 0.409. The van der Waals surface area contributed by atoms with E-state index in [1.165, 1.54) is 25.3 Å². The van der Waals surface area contributed by atoms with Gasteiger partial charge < -0.3 is 5.32 Å². The van der Waals surface area contributed by atoms with Gasteiger partial charge in [-0.3, -0.25) is 0 Å². The number of hydrogen-bond donors (Lipinski definition) is 1. The van der Waals surface area contributed by atoms with E-state index >= 15 is 0 Å². The van der Waals surface area contributed by atoms with Gasteiger partial charge in [-0.1, -0.05) is 19.1 Å². The fourth-order valence-corrected chi connectivity index (χ4v) is 2.31. The van der Waals surface area contributed by atoms with Crippen LogP contribution in [0.4, 0.5) is 4.39 Å². The van der Waals surface area contributed by atoms with Crippen molar-refractivity contribution in [1.82, 2.24) is 5.32 Å². The molecule has 1 unspecified atom stereocenters. The molecule has 0 radical (unpaired) electrons. The Bertz CT molecular complexity index is 371. The highest BCUT2D eigenvalue weighted by molar-refractivity contribution is 5.17. The molecule has 0 amide bonds. The summed E-state index contributed by atoms with van der Waals surface area (Å²) in [6.07, 6.45) is 4.90. The molecule has 0 bridgehead atoms. The predicted molar refractivity (Wildman–Crippen MR) is 69.5 cm³/mol. The van der Waals surface area contributed by atoms with Crippen molar-refractivity contribution in [2.75, 3.05) is 6.54 Å². The molecule has 1 nitrogen and oxygen atoms in total. The van der Waals surface area contributed by atoms with Gasteiger partial charge in [-0.25, -0.2) is 4.39 Å². The van der Waals surface area contributed by atoms with E-state index < -0.39 is 0 Å². The van der Waals surface area contributed by atoms with Gasteiger partial charge in [0.25, 0.3) is 0 Å². The predicted octanol–water partition coefficient (Wildman–Crippen LogP) is 3.54. The smallest absolute Gasteiger partial charge is 0.123 e. The summed E-state index contributed by atoms with van der Waals surface area (Å²) in [5.74, 6) is -0.137. The van der Waals surface area contributed by atoms with Crippen LogP contribution in [0.1, 0.15) is 38.7 Å². The van der Waals surface area contributed by atoms with Gasteiger partial charge in [0, 0.05) is 12.6 Å². The zero-order valence-corrected chi connectivity index (χ0v) is 10.8. The number of nitrogens with one attached hydrogen (secondary N) is 1. The largest absolute Gasteiger partial charge is 0.313 e. The Labute approximate surface area is 103 Å². The van der Waals surface area contributed by atoms with E-state index in [9.17, 15) is 4.39 Å². The summed E-state index contributed by atoms with van der Waals surface area (Å²) in [6.45, 7) is 5.56. The first-order valence-corrected chi connectivity index (χ1v) is 6.61. The summed E-state index contributed by atoms with van der Waals surface area (Å²) in [4.78, 5) is 0. The van der Waals surface area contributed by atoms with Gasteiger partial charge in [0.15, 0.2) is 0 Å². The molecular formula is C15H22FN. The Morgan fingerprint density at radius 3 is 2.76 bits per heavy atom. The van der Waals surface area contributed by atoms with E-state index in [0.29, 0.717) is 11.5 Å². The van der Waals surface area contributed by atoms with Crippen LogP contribution in [0.3, 0.4) is 0 Å². The van der Waals surface area contributed by atoms with Crippen molar-refractivity contribution >= 4 is 0 Å². The fourth-order valence-electron chi connectivity index (χ4n) is 2.31. The topological polar surface area (TPSA) is 12.0 Å². The monoisotopic (exact) mass is 235 g/mol. The van der Waals surface area contributed by atoms with Crippen molar-refractivity contribution in [3.05, 3.63) is 35.6 Å². The summed E-state index contributed by atoms with van der Waals surface area (Å²) in [6, 6.07) is 7.32. The van der Waals surface area contributed by atoms with E-state index in [1.54, 1.807) is 12.1 Å². The van der Waals surface area contributed by atoms with Crippen LogP contribution in [0, 0.1) is 11.2 Å². The van der Waals surface area contributed by atoms with E-state index in [4.69, 9.17) is 0 Å². The molecule has 2 heteroatoms. The summed E-state index contributed by atoms with van der Waals surface area (Å²) in [7, 11) is 0. The van der Waals surface area contributed by atoms with E-state index in [1.807, 2.05) is 6.07 Å². The molecule has 1 aromatic carbocycles. The van der Waals surface area contributed by atoms with Gasteiger partial charge in [0.2, 0.25) is 0 Å². The van der Waals surface area contributed by atoms with Crippen LogP contribution in [-0.4, -0.2) is 12.6 Å². The number of benzene rings is 1. The number of rotatable bonds is 6. The maximum Gasteiger partial charge on any atom is 0.123 e. The Kier molecular flexibility index (Phi) is 3.82. The van der Waals surface area contributed by atoms with Gasteiger partial charge in [0.05, 0.1) is 0 Å². The summed E-state index contributed by atoms with van der Waals surface area (Å²) < 4.78 is 13.0. The van der Waals surface area contributed by atoms with Crippen molar-refractivity contribution in [3.63, 3.8) is 0 Å². The van der Waals surface area contributed by atoms with Crippen LogP contribution < -0.4 is 5.32 Å². The molecular weight excluding hydrogens is 213 g/mol. The van der Waals surface area contributed by atoms with Gasteiger partial charge in [-0.15, -0.1) is 0 Å². The highest BCUT2D eigenvalue weighted by atomic mass is 19.1. The minimum absolute atomic E-state index is 0.137. The van der Waals surface area contributed by atoms with E-state index in [2.05, 4.69) is 19.2 Å². The third-order valence-electron chi connectivity index (χ3n) is 3.96. The van der Waals surface area contributed by atoms with Crippen molar-refractivity contribution in [2.24, 2.45) is 5.41 Å².